The maximum Gasteiger partial charge on any atom is 0.312 e. The predicted molar refractivity (Wildman–Crippen MR) is 109 cm³/mol. The van der Waals surface area contributed by atoms with Gasteiger partial charge in [-0.15, -0.1) is 0 Å². The average molecular weight is 382 g/mol. The third-order valence-electron chi connectivity index (χ3n) is 5.10. The van der Waals surface area contributed by atoms with Gasteiger partial charge in [0, 0.05) is 11.6 Å². The maximum atomic E-state index is 12.1. The SMILES string of the molecule is COC(=O)C(C)C1=CC=CC(NCc2ccccc2)(c2ccc(Cl)cc2)C1. The summed E-state index contributed by atoms with van der Waals surface area (Å²) in [6.07, 6.45) is 6.88. The molecule has 0 radical (unpaired) electrons. The Balaban J connectivity index is 1.91. The van der Waals surface area contributed by atoms with E-state index in [1.165, 1.54) is 12.7 Å². The summed E-state index contributed by atoms with van der Waals surface area (Å²) in [5.41, 5.74) is 2.95. The number of hydrogen-bond donors (Lipinski definition) is 1. The van der Waals surface area contributed by atoms with Crippen molar-refractivity contribution in [3.8, 4) is 0 Å². The first-order valence-electron chi connectivity index (χ1n) is 9.05. The normalized spacial score (nSPS) is 20.0. The van der Waals surface area contributed by atoms with Gasteiger partial charge in [-0.25, -0.2) is 0 Å². The van der Waals surface area contributed by atoms with Crippen LogP contribution in [0.5, 0.6) is 0 Å². The van der Waals surface area contributed by atoms with Gasteiger partial charge in [0.05, 0.1) is 18.6 Å². The molecule has 0 saturated carbocycles. The molecule has 2 unspecified atom stereocenters. The van der Waals surface area contributed by atoms with Crippen molar-refractivity contribution in [1.29, 1.82) is 0 Å². The Hall–Kier alpha value is -2.36. The molecule has 0 saturated heterocycles. The molecule has 2 aromatic carbocycles. The van der Waals surface area contributed by atoms with Gasteiger partial charge in [0.2, 0.25) is 0 Å². The van der Waals surface area contributed by atoms with Crippen LogP contribution < -0.4 is 5.32 Å². The fourth-order valence-electron chi connectivity index (χ4n) is 3.43. The Morgan fingerprint density at radius 1 is 1.19 bits per heavy atom. The van der Waals surface area contributed by atoms with Crippen LogP contribution in [0.25, 0.3) is 0 Å². The number of rotatable bonds is 6. The molecule has 0 fully saturated rings. The summed E-state index contributed by atoms with van der Waals surface area (Å²) in [4.78, 5) is 12.1. The Morgan fingerprint density at radius 3 is 2.56 bits per heavy atom. The van der Waals surface area contributed by atoms with E-state index in [0.717, 1.165) is 11.1 Å². The Kier molecular flexibility index (Phi) is 6.15. The molecule has 3 nitrogen and oxygen atoms in total. The molecule has 1 aliphatic carbocycles. The van der Waals surface area contributed by atoms with Crippen molar-refractivity contribution in [1.82, 2.24) is 5.32 Å². The Labute approximate surface area is 165 Å². The lowest BCUT2D eigenvalue weighted by Gasteiger charge is -2.37. The van der Waals surface area contributed by atoms with Gasteiger partial charge in [-0.05, 0) is 36.6 Å². The van der Waals surface area contributed by atoms with E-state index in [9.17, 15) is 4.79 Å². The van der Waals surface area contributed by atoms with Gasteiger partial charge in [-0.3, -0.25) is 10.1 Å². The lowest BCUT2D eigenvalue weighted by Crippen LogP contribution is -2.42. The van der Waals surface area contributed by atoms with Crippen LogP contribution in [0.2, 0.25) is 5.02 Å². The topological polar surface area (TPSA) is 38.3 Å². The van der Waals surface area contributed by atoms with E-state index in [4.69, 9.17) is 16.3 Å². The average Bonchev–Trinajstić information content (AvgIpc) is 2.72. The van der Waals surface area contributed by atoms with Gasteiger partial charge in [0.15, 0.2) is 0 Å². The van der Waals surface area contributed by atoms with E-state index in [1.54, 1.807) is 0 Å². The summed E-state index contributed by atoms with van der Waals surface area (Å²) in [7, 11) is 1.43. The smallest absolute Gasteiger partial charge is 0.312 e. The minimum atomic E-state index is -0.410. The zero-order valence-corrected chi connectivity index (χ0v) is 16.4. The third kappa shape index (κ3) is 4.49. The molecule has 2 aromatic rings. The van der Waals surface area contributed by atoms with Crippen LogP contribution in [0.15, 0.2) is 78.4 Å². The minimum Gasteiger partial charge on any atom is -0.469 e. The fourth-order valence-corrected chi connectivity index (χ4v) is 3.55. The lowest BCUT2D eigenvalue weighted by molar-refractivity contribution is -0.143. The number of allylic oxidation sites excluding steroid dienone is 2. The number of halogens is 1. The van der Waals surface area contributed by atoms with Crippen molar-refractivity contribution in [3.63, 3.8) is 0 Å². The van der Waals surface area contributed by atoms with Crippen molar-refractivity contribution in [3.05, 3.63) is 94.5 Å². The van der Waals surface area contributed by atoms with E-state index < -0.39 is 5.54 Å². The van der Waals surface area contributed by atoms with Crippen LogP contribution in [0, 0.1) is 5.92 Å². The van der Waals surface area contributed by atoms with E-state index in [0.29, 0.717) is 18.0 Å². The van der Waals surface area contributed by atoms with Gasteiger partial charge in [-0.1, -0.05) is 77.9 Å². The van der Waals surface area contributed by atoms with Gasteiger partial charge < -0.3 is 4.74 Å². The van der Waals surface area contributed by atoms with E-state index in [2.05, 4.69) is 23.5 Å². The highest BCUT2D eigenvalue weighted by molar-refractivity contribution is 6.30. The number of methoxy groups -OCH3 is 1. The highest BCUT2D eigenvalue weighted by Gasteiger charge is 2.34. The molecule has 2 atom stereocenters. The quantitative estimate of drug-likeness (QED) is 0.714. The second kappa shape index (κ2) is 8.55. The molecule has 27 heavy (non-hydrogen) atoms. The highest BCUT2D eigenvalue weighted by atomic mass is 35.5. The van der Waals surface area contributed by atoms with Crippen molar-refractivity contribution in [2.75, 3.05) is 7.11 Å². The second-order valence-corrected chi connectivity index (χ2v) is 7.28. The van der Waals surface area contributed by atoms with Crippen molar-refractivity contribution < 1.29 is 9.53 Å². The molecule has 0 spiro atoms. The zero-order chi connectivity index (χ0) is 19.3. The molecular formula is C23H24ClNO2. The van der Waals surface area contributed by atoms with Gasteiger partial charge in [-0.2, -0.15) is 0 Å². The van der Waals surface area contributed by atoms with Crippen molar-refractivity contribution in [2.45, 2.75) is 25.4 Å². The summed E-state index contributed by atoms with van der Waals surface area (Å²) in [6.45, 7) is 2.61. The number of nitrogens with one attached hydrogen (secondary N) is 1. The van der Waals surface area contributed by atoms with Crippen LogP contribution in [0.1, 0.15) is 24.5 Å². The molecule has 1 N–H and O–H groups in total. The molecule has 0 amide bonds. The van der Waals surface area contributed by atoms with E-state index >= 15 is 0 Å². The zero-order valence-electron chi connectivity index (χ0n) is 15.6. The summed E-state index contributed by atoms with van der Waals surface area (Å²) >= 11 is 6.10. The summed E-state index contributed by atoms with van der Waals surface area (Å²) < 4.78 is 4.94. The van der Waals surface area contributed by atoms with E-state index in [-0.39, 0.29) is 11.9 Å². The van der Waals surface area contributed by atoms with Crippen LogP contribution >= 0.6 is 11.6 Å². The predicted octanol–water partition coefficient (Wildman–Crippen LogP) is 5.02. The van der Waals surface area contributed by atoms with Crippen molar-refractivity contribution in [2.24, 2.45) is 5.92 Å². The molecule has 0 bridgehead atoms. The maximum absolute atomic E-state index is 12.1. The molecule has 1 aliphatic rings. The first-order chi connectivity index (χ1) is 13.0. The molecule has 0 heterocycles. The molecular weight excluding hydrogens is 358 g/mol. The molecule has 0 aromatic heterocycles. The Morgan fingerprint density at radius 2 is 1.89 bits per heavy atom. The first kappa shape index (κ1) is 19.4. The van der Waals surface area contributed by atoms with Crippen LogP contribution in [-0.2, 0) is 21.6 Å². The first-order valence-corrected chi connectivity index (χ1v) is 9.43. The monoisotopic (exact) mass is 381 g/mol. The summed E-state index contributed by atoms with van der Waals surface area (Å²) in [5, 5.41) is 4.41. The fraction of sp³-hybridized carbons (Fsp3) is 0.261. The number of carbonyl (C=O) groups excluding carboxylic acids is 1. The van der Waals surface area contributed by atoms with Crippen LogP contribution in [-0.4, -0.2) is 13.1 Å². The van der Waals surface area contributed by atoms with Gasteiger partial charge >= 0.3 is 5.97 Å². The van der Waals surface area contributed by atoms with Crippen LogP contribution in [0.3, 0.4) is 0 Å². The second-order valence-electron chi connectivity index (χ2n) is 6.84. The van der Waals surface area contributed by atoms with Gasteiger partial charge in [0.1, 0.15) is 0 Å². The largest absolute Gasteiger partial charge is 0.469 e. The molecule has 0 aliphatic heterocycles. The standard InChI is InChI=1S/C23H24ClNO2/c1-17(22(26)27-2)19-9-6-14-23(15-19,20-10-12-21(24)13-11-20)25-16-18-7-4-3-5-8-18/h3-14,17,25H,15-16H2,1-2H3. The molecule has 3 rings (SSSR count). The number of ether oxygens (including phenoxy) is 1. The van der Waals surface area contributed by atoms with Crippen molar-refractivity contribution >= 4 is 17.6 Å². The number of carbonyl (C=O) groups is 1. The summed E-state index contributed by atoms with van der Waals surface area (Å²) in [6, 6.07) is 18.2. The van der Waals surface area contributed by atoms with Gasteiger partial charge in [0.25, 0.3) is 0 Å². The third-order valence-corrected chi connectivity index (χ3v) is 5.35. The van der Waals surface area contributed by atoms with Crippen LogP contribution in [0.4, 0.5) is 0 Å². The number of hydrogen-bond acceptors (Lipinski definition) is 3. The highest BCUT2D eigenvalue weighted by Crippen LogP contribution is 2.37. The minimum absolute atomic E-state index is 0.218. The number of benzene rings is 2. The molecule has 4 heteroatoms. The Bertz CT molecular complexity index is 842. The summed E-state index contributed by atoms with van der Waals surface area (Å²) in [5.74, 6) is -0.505. The lowest BCUT2D eigenvalue weighted by atomic mass is 9.77. The molecule has 140 valence electrons. The van der Waals surface area contributed by atoms with E-state index in [1.807, 2.05) is 61.5 Å². The number of esters is 1.